The lowest BCUT2D eigenvalue weighted by molar-refractivity contribution is -0.146. The van der Waals surface area contributed by atoms with Crippen LogP contribution in [0.25, 0.3) is 0 Å². The highest BCUT2D eigenvalue weighted by atomic mass is 35.5. The van der Waals surface area contributed by atoms with Crippen molar-refractivity contribution in [2.24, 2.45) is 11.8 Å². The average molecular weight is 541 g/mol. The highest BCUT2D eigenvalue weighted by molar-refractivity contribution is 8.00. The van der Waals surface area contributed by atoms with E-state index >= 15 is 0 Å². The van der Waals surface area contributed by atoms with Crippen molar-refractivity contribution in [2.75, 3.05) is 10.6 Å². The minimum Gasteiger partial charge on any atom is -0.481 e. The number of alkyl halides is 3. The Kier molecular flexibility index (Phi) is 9.08. The molecule has 192 valence electrons. The topological polar surface area (TPSA) is 95.5 Å². The summed E-state index contributed by atoms with van der Waals surface area (Å²) in [7, 11) is 0. The van der Waals surface area contributed by atoms with Gasteiger partial charge in [-0.1, -0.05) is 36.7 Å². The Morgan fingerprint density at radius 3 is 2.42 bits per heavy atom. The summed E-state index contributed by atoms with van der Waals surface area (Å²) >= 11 is 6.84. The van der Waals surface area contributed by atoms with Crippen LogP contribution in [0.2, 0.25) is 5.02 Å². The van der Waals surface area contributed by atoms with E-state index in [1.54, 1.807) is 43.3 Å². The number of carboxylic acids is 1. The fourth-order valence-corrected chi connectivity index (χ4v) is 5.00. The third kappa shape index (κ3) is 7.04. The van der Waals surface area contributed by atoms with Gasteiger partial charge in [0.2, 0.25) is 11.8 Å². The molecular weight excluding hydrogens is 517 g/mol. The first-order chi connectivity index (χ1) is 17.0. The lowest BCUT2D eigenvalue weighted by atomic mass is 9.82. The fourth-order valence-electron chi connectivity index (χ4n) is 3.82. The minimum atomic E-state index is -4.69. The van der Waals surface area contributed by atoms with E-state index in [0.717, 1.165) is 23.9 Å². The number of allylic oxidation sites excluding steroid dienone is 2. The van der Waals surface area contributed by atoms with E-state index in [4.69, 9.17) is 11.6 Å². The molecule has 2 aromatic rings. The number of carbonyl (C=O) groups excluding carboxylic acids is 2. The molecule has 0 saturated heterocycles. The first-order valence-electron chi connectivity index (χ1n) is 11.1. The van der Waals surface area contributed by atoms with Crippen LogP contribution in [-0.2, 0) is 20.6 Å². The first kappa shape index (κ1) is 27.6. The summed E-state index contributed by atoms with van der Waals surface area (Å²) in [5.74, 6) is -3.57. The number of hydrogen-bond donors (Lipinski definition) is 3. The zero-order valence-corrected chi connectivity index (χ0v) is 20.7. The van der Waals surface area contributed by atoms with Crippen LogP contribution in [0.4, 0.5) is 24.5 Å². The Labute approximate surface area is 215 Å². The van der Waals surface area contributed by atoms with E-state index in [2.05, 4.69) is 10.6 Å². The van der Waals surface area contributed by atoms with E-state index in [1.165, 1.54) is 6.07 Å². The van der Waals surface area contributed by atoms with Gasteiger partial charge in [-0.15, -0.1) is 11.8 Å². The molecule has 1 aliphatic carbocycles. The highest BCUT2D eigenvalue weighted by Crippen LogP contribution is 2.37. The zero-order chi connectivity index (χ0) is 26.5. The lowest BCUT2D eigenvalue weighted by Crippen LogP contribution is -2.34. The average Bonchev–Trinajstić information content (AvgIpc) is 2.83. The third-order valence-corrected chi connectivity index (χ3v) is 7.27. The molecule has 0 aromatic heterocycles. The smallest absolute Gasteiger partial charge is 0.418 e. The van der Waals surface area contributed by atoms with E-state index in [-0.39, 0.29) is 17.1 Å². The molecule has 2 amide bonds. The van der Waals surface area contributed by atoms with E-state index in [9.17, 15) is 32.7 Å². The van der Waals surface area contributed by atoms with Gasteiger partial charge in [-0.05, 0) is 55.7 Å². The van der Waals surface area contributed by atoms with Crippen molar-refractivity contribution in [1.82, 2.24) is 0 Å². The third-order valence-electron chi connectivity index (χ3n) is 5.67. The number of carbonyl (C=O) groups is 3. The monoisotopic (exact) mass is 540 g/mol. The van der Waals surface area contributed by atoms with E-state index in [1.807, 2.05) is 0 Å². The highest BCUT2D eigenvalue weighted by Gasteiger charge is 2.35. The molecule has 0 radical (unpaired) electrons. The van der Waals surface area contributed by atoms with Crippen LogP contribution in [0.15, 0.2) is 59.5 Å². The molecule has 3 atom stereocenters. The molecule has 2 aromatic carbocycles. The second-order valence-corrected chi connectivity index (χ2v) is 9.92. The Balaban J connectivity index is 1.71. The van der Waals surface area contributed by atoms with Crippen LogP contribution >= 0.6 is 23.4 Å². The van der Waals surface area contributed by atoms with Crippen molar-refractivity contribution in [3.63, 3.8) is 0 Å². The number of nitrogens with one attached hydrogen (secondary N) is 2. The van der Waals surface area contributed by atoms with Gasteiger partial charge in [0.1, 0.15) is 0 Å². The number of amides is 2. The second-order valence-electron chi connectivity index (χ2n) is 8.20. The number of rotatable bonds is 8. The molecule has 1 aliphatic rings. The lowest BCUT2D eigenvalue weighted by Gasteiger charge is -2.24. The Bertz CT molecular complexity index is 1170. The van der Waals surface area contributed by atoms with Crippen LogP contribution in [-0.4, -0.2) is 28.1 Å². The number of anilines is 2. The van der Waals surface area contributed by atoms with Gasteiger partial charge in [-0.25, -0.2) is 0 Å². The van der Waals surface area contributed by atoms with Gasteiger partial charge in [0.15, 0.2) is 0 Å². The van der Waals surface area contributed by atoms with Gasteiger partial charge < -0.3 is 15.7 Å². The predicted octanol–water partition coefficient (Wildman–Crippen LogP) is 6.47. The molecule has 3 unspecified atom stereocenters. The minimum absolute atomic E-state index is 0.0977. The summed E-state index contributed by atoms with van der Waals surface area (Å²) in [5, 5.41) is 13.7. The van der Waals surface area contributed by atoms with Gasteiger partial charge >= 0.3 is 12.1 Å². The number of thioether (sulfide) groups is 1. The molecule has 0 heterocycles. The number of carboxylic acid groups (broad SMARTS) is 1. The SMILES string of the molecule is CCC(Sc1cccc(NC(=O)C2CC=CCC2C(=O)O)c1)C(=O)Nc1ccc(Cl)cc1C(F)(F)F. The number of benzene rings is 2. The summed E-state index contributed by atoms with van der Waals surface area (Å²) in [4.78, 5) is 37.7. The summed E-state index contributed by atoms with van der Waals surface area (Å²) in [6.07, 6.45) is -0.234. The predicted molar refractivity (Wildman–Crippen MR) is 133 cm³/mol. The first-order valence-corrected chi connectivity index (χ1v) is 12.4. The Hall–Kier alpha value is -2.98. The molecule has 0 fully saturated rings. The van der Waals surface area contributed by atoms with Crippen molar-refractivity contribution in [2.45, 2.75) is 42.5 Å². The normalized spacial score (nSPS) is 18.4. The summed E-state index contributed by atoms with van der Waals surface area (Å²) < 4.78 is 40.1. The molecule has 0 spiro atoms. The van der Waals surface area contributed by atoms with E-state index in [0.29, 0.717) is 23.4 Å². The molecule has 3 N–H and O–H groups in total. The number of aliphatic carboxylic acids is 1. The Morgan fingerprint density at radius 2 is 1.78 bits per heavy atom. The maximum absolute atomic E-state index is 13.4. The van der Waals surface area contributed by atoms with Gasteiger partial charge in [0.25, 0.3) is 0 Å². The molecule has 3 rings (SSSR count). The maximum atomic E-state index is 13.4. The van der Waals surface area contributed by atoms with E-state index < -0.39 is 46.6 Å². The van der Waals surface area contributed by atoms with Crippen LogP contribution in [0.5, 0.6) is 0 Å². The Morgan fingerprint density at radius 1 is 1.08 bits per heavy atom. The van der Waals surface area contributed by atoms with Crippen LogP contribution in [0.3, 0.4) is 0 Å². The summed E-state index contributed by atoms with van der Waals surface area (Å²) in [5.41, 5.74) is -0.993. The van der Waals surface area contributed by atoms with Crippen molar-refractivity contribution in [1.29, 1.82) is 0 Å². The second kappa shape index (κ2) is 11.8. The molecule has 0 aliphatic heterocycles. The van der Waals surface area contributed by atoms with Crippen LogP contribution in [0.1, 0.15) is 31.7 Å². The van der Waals surface area contributed by atoms with Crippen LogP contribution in [0, 0.1) is 11.8 Å². The molecule has 0 saturated carbocycles. The number of hydrogen-bond acceptors (Lipinski definition) is 4. The van der Waals surface area contributed by atoms with Gasteiger partial charge in [0.05, 0.1) is 28.3 Å². The zero-order valence-electron chi connectivity index (χ0n) is 19.1. The quantitative estimate of drug-likeness (QED) is 0.263. The van der Waals surface area contributed by atoms with Crippen molar-refractivity contribution < 1.29 is 32.7 Å². The standard InChI is InChI=1S/C25H24ClF3N2O4S/c1-2-21(23(33)31-20-11-10-14(26)12-19(20)25(27,28)29)36-16-7-5-6-15(13-16)30-22(32)17-8-3-4-9-18(17)24(34)35/h3-7,10-13,17-18,21H,2,8-9H2,1H3,(H,30,32)(H,31,33)(H,34,35). The van der Waals surface area contributed by atoms with Crippen LogP contribution < -0.4 is 10.6 Å². The molecule has 36 heavy (non-hydrogen) atoms. The largest absolute Gasteiger partial charge is 0.481 e. The molecule has 6 nitrogen and oxygen atoms in total. The van der Waals surface area contributed by atoms with Crippen molar-refractivity contribution >= 4 is 52.5 Å². The number of halogens is 4. The van der Waals surface area contributed by atoms with Crippen molar-refractivity contribution in [3.05, 3.63) is 65.2 Å². The summed E-state index contributed by atoms with van der Waals surface area (Å²) in [6.45, 7) is 1.73. The van der Waals surface area contributed by atoms with Gasteiger partial charge in [0, 0.05) is 15.6 Å². The molecule has 0 bridgehead atoms. The van der Waals surface area contributed by atoms with Gasteiger partial charge in [-0.3, -0.25) is 14.4 Å². The molecular formula is C25H24ClF3N2O4S. The maximum Gasteiger partial charge on any atom is 0.418 e. The van der Waals surface area contributed by atoms with Crippen molar-refractivity contribution in [3.8, 4) is 0 Å². The summed E-state index contributed by atoms with van der Waals surface area (Å²) in [6, 6.07) is 9.79. The molecule has 11 heteroatoms. The fraction of sp³-hybridized carbons (Fsp3) is 0.320. The van der Waals surface area contributed by atoms with Gasteiger partial charge in [-0.2, -0.15) is 13.2 Å².